The van der Waals surface area contributed by atoms with Crippen LogP contribution in [0.2, 0.25) is 0 Å². The minimum Gasteiger partial charge on any atom is -0.394 e. The van der Waals surface area contributed by atoms with Crippen LogP contribution in [0.25, 0.3) is 11.2 Å². The maximum absolute atomic E-state index is 11.8. The quantitative estimate of drug-likeness (QED) is 0.247. The van der Waals surface area contributed by atoms with E-state index in [1.54, 1.807) is 0 Å². The van der Waals surface area contributed by atoms with Crippen LogP contribution < -0.4 is 16.4 Å². The van der Waals surface area contributed by atoms with E-state index in [9.17, 15) is 20.1 Å². The average molecular weight is 443 g/mol. The van der Waals surface area contributed by atoms with Crippen LogP contribution in [-0.2, 0) is 16.0 Å². The second kappa shape index (κ2) is 9.54. The number of aromatic nitrogens is 4. The lowest BCUT2D eigenvalue weighted by atomic mass is 10.1. The molecule has 0 bridgehead atoms. The first kappa shape index (κ1) is 22.0. The number of aliphatic hydroxyl groups is 3. The lowest BCUT2D eigenvalue weighted by Crippen LogP contribution is -2.33. The molecule has 0 unspecified atom stereocenters. The standard InChI is InChI=1S/C20H25N7O5/c21-5-6-22-14(29)7-11-1-3-12(4-2-11)26-18-15-19(24-9-23-18)27(10-25-15)20-17(31)16(30)13(8-28)32-20/h1-4,9-10,13,16-17,20,28,30-31H,5-8,21H2,(H,22,29)(H,23,24,26)/t13-,16-,17-,20-/m1/s1. The number of anilines is 2. The molecule has 1 aliphatic rings. The van der Waals surface area contributed by atoms with Crippen LogP contribution >= 0.6 is 0 Å². The Bertz CT molecular complexity index is 1070. The topological polar surface area (TPSA) is 181 Å². The molecule has 0 radical (unpaired) electrons. The number of ether oxygens (including phenoxy) is 1. The molecule has 3 heterocycles. The molecule has 1 aromatic carbocycles. The predicted molar refractivity (Wildman–Crippen MR) is 114 cm³/mol. The first-order valence-corrected chi connectivity index (χ1v) is 10.1. The fourth-order valence-corrected chi connectivity index (χ4v) is 3.54. The van der Waals surface area contributed by atoms with Crippen molar-refractivity contribution in [3.05, 3.63) is 42.5 Å². The Morgan fingerprint density at radius 3 is 2.62 bits per heavy atom. The second-order valence-electron chi connectivity index (χ2n) is 7.41. The maximum Gasteiger partial charge on any atom is 0.224 e. The Morgan fingerprint density at radius 1 is 1.16 bits per heavy atom. The number of benzene rings is 1. The highest BCUT2D eigenvalue weighted by atomic mass is 16.6. The van der Waals surface area contributed by atoms with Gasteiger partial charge in [0.2, 0.25) is 5.91 Å². The molecule has 32 heavy (non-hydrogen) atoms. The Balaban J connectivity index is 1.51. The molecule has 1 aliphatic heterocycles. The van der Waals surface area contributed by atoms with Gasteiger partial charge in [-0.25, -0.2) is 15.0 Å². The van der Waals surface area contributed by atoms with E-state index in [0.29, 0.717) is 30.1 Å². The zero-order valence-electron chi connectivity index (χ0n) is 17.1. The van der Waals surface area contributed by atoms with Crippen LogP contribution in [0.5, 0.6) is 0 Å². The minimum atomic E-state index is -1.24. The molecule has 170 valence electrons. The van der Waals surface area contributed by atoms with Crippen molar-refractivity contribution in [1.29, 1.82) is 0 Å². The van der Waals surface area contributed by atoms with Gasteiger partial charge in [-0.3, -0.25) is 9.36 Å². The number of nitrogens with zero attached hydrogens (tertiary/aromatic N) is 4. The summed E-state index contributed by atoms with van der Waals surface area (Å²) in [5.41, 5.74) is 7.81. The summed E-state index contributed by atoms with van der Waals surface area (Å²) in [4.78, 5) is 24.6. The number of rotatable bonds is 8. The highest BCUT2D eigenvalue weighted by Crippen LogP contribution is 2.32. The van der Waals surface area contributed by atoms with Gasteiger partial charge in [0.1, 0.15) is 24.6 Å². The molecule has 0 saturated carbocycles. The summed E-state index contributed by atoms with van der Waals surface area (Å²) in [5.74, 6) is 0.345. The van der Waals surface area contributed by atoms with E-state index < -0.39 is 31.1 Å². The molecule has 0 spiro atoms. The molecule has 1 amide bonds. The predicted octanol–water partition coefficient (Wildman–Crippen LogP) is -1.20. The molecule has 1 fully saturated rings. The number of hydrogen-bond donors (Lipinski definition) is 6. The maximum atomic E-state index is 11.8. The Morgan fingerprint density at radius 2 is 1.94 bits per heavy atom. The van der Waals surface area contributed by atoms with Gasteiger partial charge in [-0.15, -0.1) is 0 Å². The van der Waals surface area contributed by atoms with Gasteiger partial charge in [0, 0.05) is 18.8 Å². The minimum absolute atomic E-state index is 0.0934. The summed E-state index contributed by atoms with van der Waals surface area (Å²) in [6.07, 6.45) is -1.27. The normalized spacial score (nSPS) is 22.9. The third kappa shape index (κ3) is 4.40. The molecule has 12 heteroatoms. The second-order valence-corrected chi connectivity index (χ2v) is 7.41. The Labute approximate surface area is 183 Å². The van der Waals surface area contributed by atoms with E-state index in [4.69, 9.17) is 10.5 Å². The summed E-state index contributed by atoms with van der Waals surface area (Å²) in [7, 11) is 0. The van der Waals surface area contributed by atoms with Gasteiger partial charge in [-0.2, -0.15) is 0 Å². The first-order valence-electron chi connectivity index (χ1n) is 10.1. The molecular weight excluding hydrogens is 418 g/mol. The van der Waals surface area contributed by atoms with Gasteiger partial charge in [-0.05, 0) is 17.7 Å². The number of nitrogens with one attached hydrogen (secondary N) is 2. The smallest absolute Gasteiger partial charge is 0.224 e. The van der Waals surface area contributed by atoms with Crippen molar-refractivity contribution in [2.75, 3.05) is 25.0 Å². The summed E-state index contributed by atoms with van der Waals surface area (Å²) in [6.45, 7) is 0.414. The van der Waals surface area contributed by atoms with Gasteiger partial charge >= 0.3 is 0 Å². The van der Waals surface area contributed by atoms with Crippen molar-refractivity contribution in [1.82, 2.24) is 24.8 Å². The number of amides is 1. The number of hydrogen-bond acceptors (Lipinski definition) is 10. The Hall–Kier alpha value is -3.16. The van der Waals surface area contributed by atoms with Crippen molar-refractivity contribution in [2.24, 2.45) is 5.73 Å². The van der Waals surface area contributed by atoms with E-state index in [2.05, 4.69) is 25.6 Å². The summed E-state index contributed by atoms with van der Waals surface area (Å²) < 4.78 is 7.06. The van der Waals surface area contributed by atoms with Gasteiger partial charge in [0.05, 0.1) is 19.4 Å². The molecule has 1 saturated heterocycles. The zero-order chi connectivity index (χ0) is 22.7. The van der Waals surface area contributed by atoms with E-state index in [-0.39, 0.29) is 12.3 Å². The number of fused-ring (bicyclic) bond motifs is 1. The van der Waals surface area contributed by atoms with Gasteiger partial charge < -0.3 is 36.4 Å². The lowest BCUT2D eigenvalue weighted by molar-refractivity contribution is -0.120. The lowest BCUT2D eigenvalue weighted by Gasteiger charge is -2.16. The van der Waals surface area contributed by atoms with Gasteiger partial charge in [0.15, 0.2) is 23.2 Å². The SMILES string of the molecule is NCCNC(=O)Cc1ccc(Nc2ncnc3c2ncn3[C@@H]2O[C@H](CO)[C@@H](O)[C@H]2O)cc1. The van der Waals surface area contributed by atoms with E-state index in [1.165, 1.54) is 17.2 Å². The third-order valence-corrected chi connectivity index (χ3v) is 5.20. The fraction of sp³-hybridized carbons (Fsp3) is 0.400. The zero-order valence-corrected chi connectivity index (χ0v) is 17.1. The van der Waals surface area contributed by atoms with Crippen LogP contribution in [-0.4, -0.2) is 78.8 Å². The van der Waals surface area contributed by atoms with E-state index in [0.717, 1.165) is 11.3 Å². The van der Waals surface area contributed by atoms with E-state index in [1.807, 2.05) is 24.3 Å². The van der Waals surface area contributed by atoms with Gasteiger partial charge in [-0.1, -0.05) is 12.1 Å². The number of imidazole rings is 1. The van der Waals surface area contributed by atoms with Crippen molar-refractivity contribution >= 4 is 28.6 Å². The van der Waals surface area contributed by atoms with Crippen LogP contribution in [0.1, 0.15) is 11.8 Å². The van der Waals surface area contributed by atoms with E-state index >= 15 is 0 Å². The number of carbonyl (C=O) groups excluding carboxylic acids is 1. The van der Waals surface area contributed by atoms with Crippen LogP contribution in [0.3, 0.4) is 0 Å². The molecule has 4 atom stereocenters. The molecule has 2 aromatic heterocycles. The number of nitrogens with two attached hydrogens (primary N) is 1. The van der Waals surface area contributed by atoms with Crippen molar-refractivity contribution in [2.45, 2.75) is 31.0 Å². The molecule has 3 aromatic rings. The molecule has 0 aliphatic carbocycles. The van der Waals surface area contributed by atoms with Crippen LogP contribution in [0.4, 0.5) is 11.5 Å². The molecule has 7 N–H and O–H groups in total. The Kier molecular flexibility index (Phi) is 6.58. The van der Waals surface area contributed by atoms with Crippen molar-refractivity contribution in [3.8, 4) is 0 Å². The average Bonchev–Trinajstić information content (AvgIpc) is 3.35. The summed E-state index contributed by atoms with van der Waals surface area (Å²) in [5, 5.41) is 35.5. The third-order valence-electron chi connectivity index (χ3n) is 5.20. The monoisotopic (exact) mass is 443 g/mol. The summed E-state index contributed by atoms with van der Waals surface area (Å²) in [6, 6.07) is 7.31. The van der Waals surface area contributed by atoms with Gasteiger partial charge in [0.25, 0.3) is 0 Å². The molecule has 12 nitrogen and oxygen atoms in total. The number of carbonyl (C=O) groups is 1. The fourth-order valence-electron chi connectivity index (χ4n) is 3.54. The summed E-state index contributed by atoms with van der Waals surface area (Å²) >= 11 is 0. The van der Waals surface area contributed by atoms with Crippen molar-refractivity contribution in [3.63, 3.8) is 0 Å². The number of aliphatic hydroxyl groups excluding tert-OH is 3. The van der Waals surface area contributed by atoms with Crippen molar-refractivity contribution < 1.29 is 24.9 Å². The van der Waals surface area contributed by atoms with Crippen LogP contribution in [0.15, 0.2) is 36.9 Å². The highest BCUT2D eigenvalue weighted by molar-refractivity contribution is 5.85. The highest BCUT2D eigenvalue weighted by Gasteiger charge is 2.44. The van der Waals surface area contributed by atoms with Crippen LogP contribution in [0, 0.1) is 0 Å². The molecule has 4 rings (SSSR count). The largest absolute Gasteiger partial charge is 0.394 e. The molecular formula is C20H25N7O5. The first-order chi connectivity index (χ1) is 15.5.